The molecule has 17 heavy (non-hydrogen) atoms. The third-order valence-corrected chi connectivity index (χ3v) is 4.03. The molecule has 2 aliphatic rings. The minimum absolute atomic E-state index is 0.158. The first kappa shape index (κ1) is 12.6. The Hall–Kier alpha value is -0.810. The summed E-state index contributed by atoms with van der Waals surface area (Å²) in [6.07, 6.45) is 3.46. The van der Waals surface area contributed by atoms with Crippen molar-refractivity contribution in [2.45, 2.75) is 37.8 Å². The zero-order valence-electron chi connectivity index (χ0n) is 10.6. The van der Waals surface area contributed by atoms with Crippen molar-refractivity contribution in [2.24, 2.45) is 0 Å². The lowest BCUT2D eigenvalue weighted by atomic mass is 9.89. The number of nitrogens with zero attached hydrogens (tertiary/aromatic N) is 2. The van der Waals surface area contributed by atoms with Crippen molar-refractivity contribution in [2.75, 3.05) is 33.2 Å². The Bertz CT molecular complexity index is 264. The van der Waals surface area contributed by atoms with E-state index >= 15 is 0 Å². The molecule has 5 nitrogen and oxygen atoms in total. The summed E-state index contributed by atoms with van der Waals surface area (Å²) in [7, 11) is 2.16. The number of amides is 1. The molecule has 1 saturated heterocycles. The number of piperazine rings is 1. The standard InChI is InChI=1S/C12H23N3O2/c1-14-5-7-15(8-6-14)11-4-2-3-10(9-11)13-12(16)17/h10-11,13H,2-9H2,1H3,(H,16,17). The molecule has 0 aromatic heterocycles. The Balaban J connectivity index is 1.82. The van der Waals surface area contributed by atoms with Gasteiger partial charge in [0.1, 0.15) is 0 Å². The molecule has 2 rings (SSSR count). The Morgan fingerprint density at radius 3 is 2.59 bits per heavy atom. The molecule has 1 aliphatic carbocycles. The second-order valence-electron chi connectivity index (χ2n) is 5.31. The predicted octanol–water partition coefficient (Wildman–Crippen LogP) is 0.813. The van der Waals surface area contributed by atoms with Gasteiger partial charge in [-0.15, -0.1) is 0 Å². The molecule has 0 aromatic carbocycles. The molecule has 2 fully saturated rings. The zero-order valence-corrected chi connectivity index (χ0v) is 10.6. The first-order chi connectivity index (χ1) is 8.15. The highest BCUT2D eigenvalue weighted by atomic mass is 16.4. The van der Waals surface area contributed by atoms with E-state index < -0.39 is 6.09 Å². The summed E-state index contributed by atoms with van der Waals surface area (Å²) in [6, 6.07) is 0.736. The molecule has 1 saturated carbocycles. The number of likely N-dealkylation sites (N-methyl/N-ethyl adjacent to an activating group) is 1. The Morgan fingerprint density at radius 2 is 1.94 bits per heavy atom. The molecular formula is C12H23N3O2. The highest BCUT2D eigenvalue weighted by Crippen LogP contribution is 2.24. The van der Waals surface area contributed by atoms with Crippen LogP contribution in [-0.2, 0) is 0 Å². The SMILES string of the molecule is CN1CCN(C2CCCC(NC(=O)O)C2)CC1. The van der Waals surface area contributed by atoms with Crippen molar-refractivity contribution in [3.8, 4) is 0 Å². The van der Waals surface area contributed by atoms with E-state index in [-0.39, 0.29) is 6.04 Å². The fourth-order valence-electron chi connectivity index (χ4n) is 2.99. The van der Waals surface area contributed by atoms with Gasteiger partial charge in [-0.2, -0.15) is 0 Å². The van der Waals surface area contributed by atoms with Gasteiger partial charge in [-0.25, -0.2) is 4.79 Å². The summed E-state index contributed by atoms with van der Waals surface area (Å²) >= 11 is 0. The summed E-state index contributed by atoms with van der Waals surface area (Å²) in [5.41, 5.74) is 0. The van der Waals surface area contributed by atoms with Crippen LogP contribution in [0, 0.1) is 0 Å². The summed E-state index contributed by atoms with van der Waals surface area (Å²) in [5.74, 6) is 0. The van der Waals surface area contributed by atoms with E-state index in [0.717, 1.165) is 45.4 Å². The van der Waals surface area contributed by atoms with E-state index in [1.807, 2.05) is 0 Å². The van der Waals surface area contributed by atoms with Crippen molar-refractivity contribution in [3.63, 3.8) is 0 Å². The van der Waals surface area contributed by atoms with Crippen molar-refractivity contribution in [1.82, 2.24) is 15.1 Å². The highest BCUT2D eigenvalue weighted by Gasteiger charge is 2.28. The zero-order chi connectivity index (χ0) is 12.3. The molecule has 2 unspecified atom stereocenters. The van der Waals surface area contributed by atoms with E-state index in [9.17, 15) is 4.79 Å². The minimum Gasteiger partial charge on any atom is -0.465 e. The van der Waals surface area contributed by atoms with Gasteiger partial charge in [0.15, 0.2) is 0 Å². The second-order valence-corrected chi connectivity index (χ2v) is 5.31. The van der Waals surface area contributed by atoms with Crippen LogP contribution in [-0.4, -0.2) is 66.3 Å². The number of carbonyl (C=O) groups is 1. The first-order valence-electron chi connectivity index (χ1n) is 6.57. The molecule has 0 bridgehead atoms. The van der Waals surface area contributed by atoms with Crippen LogP contribution in [0.25, 0.3) is 0 Å². The van der Waals surface area contributed by atoms with Gasteiger partial charge in [0.05, 0.1) is 0 Å². The number of carboxylic acid groups (broad SMARTS) is 1. The lowest BCUT2D eigenvalue weighted by Gasteiger charge is -2.41. The van der Waals surface area contributed by atoms with E-state index in [2.05, 4.69) is 22.2 Å². The van der Waals surface area contributed by atoms with Gasteiger partial charge in [0, 0.05) is 38.3 Å². The minimum atomic E-state index is -0.881. The number of nitrogens with one attached hydrogen (secondary N) is 1. The van der Waals surface area contributed by atoms with Crippen LogP contribution in [0.15, 0.2) is 0 Å². The van der Waals surface area contributed by atoms with Gasteiger partial charge in [0.25, 0.3) is 0 Å². The molecule has 1 aliphatic heterocycles. The normalized spacial score (nSPS) is 32.3. The Labute approximate surface area is 103 Å². The average Bonchev–Trinajstić information content (AvgIpc) is 2.29. The van der Waals surface area contributed by atoms with E-state index in [1.54, 1.807) is 0 Å². The molecule has 2 atom stereocenters. The third kappa shape index (κ3) is 3.57. The summed E-state index contributed by atoms with van der Waals surface area (Å²) in [5, 5.41) is 11.4. The molecule has 0 radical (unpaired) electrons. The van der Waals surface area contributed by atoms with Crippen LogP contribution < -0.4 is 5.32 Å². The average molecular weight is 241 g/mol. The van der Waals surface area contributed by atoms with E-state index in [0.29, 0.717) is 6.04 Å². The van der Waals surface area contributed by atoms with Gasteiger partial charge in [-0.1, -0.05) is 0 Å². The lowest BCUT2D eigenvalue weighted by molar-refractivity contribution is 0.0823. The lowest BCUT2D eigenvalue weighted by Crippen LogP contribution is -2.52. The van der Waals surface area contributed by atoms with E-state index in [1.165, 1.54) is 6.42 Å². The maximum absolute atomic E-state index is 10.7. The van der Waals surface area contributed by atoms with Crippen molar-refractivity contribution >= 4 is 6.09 Å². The molecule has 0 aromatic rings. The summed E-state index contributed by atoms with van der Waals surface area (Å²) < 4.78 is 0. The van der Waals surface area contributed by atoms with Crippen LogP contribution in [0.3, 0.4) is 0 Å². The monoisotopic (exact) mass is 241 g/mol. The van der Waals surface area contributed by atoms with E-state index in [4.69, 9.17) is 5.11 Å². The highest BCUT2D eigenvalue weighted by molar-refractivity contribution is 5.64. The molecular weight excluding hydrogens is 218 g/mol. The first-order valence-corrected chi connectivity index (χ1v) is 6.57. The molecule has 2 N–H and O–H groups in total. The van der Waals surface area contributed by atoms with Crippen LogP contribution in [0.4, 0.5) is 4.79 Å². The number of rotatable bonds is 2. The van der Waals surface area contributed by atoms with Gasteiger partial charge in [0.2, 0.25) is 0 Å². The van der Waals surface area contributed by atoms with Crippen molar-refractivity contribution in [3.05, 3.63) is 0 Å². The molecule has 98 valence electrons. The Kier molecular flexibility index (Phi) is 4.23. The fourth-order valence-corrected chi connectivity index (χ4v) is 2.99. The predicted molar refractivity (Wildman–Crippen MR) is 66.3 cm³/mol. The van der Waals surface area contributed by atoms with Gasteiger partial charge >= 0.3 is 6.09 Å². The maximum atomic E-state index is 10.7. The van der Waals surface area contributed by atoms with Crippen molar-refractivity contribution < 1.29 is 9.90 Å². The van der Waals surface area contributed by atoms with Crippen LogP contribution in [0.5, 0.6) is 0 Å². The van der Waals surface area contributed by atoms with Crippen LogP contribution in [0.1, 0.15) is 25.7 Å². The summed E-state index contributed by atoms with van der Waals surface area (Å²) in [4.78, 5) is 15.6. The fraction of sp³-hybridized carbons (Fsp3) is 0.917. The van der Waals surface area contributed by atoms with Gasteiger partial charge in [-0.3, -0.25) is 4.90 Å². The molecule has 5 heteroatoms. The Morgan fingerprint density at radius 1 is 1.24 bits per heavy atom. The van der Waals surface area contributed by atoms with Crippen LogP contribution in [0.2, 0.25) is 0 Å². The quantitative estimate of drug-likeness (QED) is 0.751. The largest absolute Gasteiger partial charge is 0.465 e. The molecule has 1 amide bonds. The smallest absolute Gasteiger partial charge is 0.404 e. The molecule has 0 spiro atoms. The van der Waals surface area contributed by atoms with Gasteiger partial charge in [-0.05, 0) is 32.7 Å². The molecule has 1 heterocycles. The second kappa shape index (κ2) is 5.69. The number of hydrogen-bond donors (Lipinski definition) is 2. The number of hydrogen-bond acceptors (Lipinski definition) is 3. The van der Waals surface area contributed by atoms with Crippen LogP contribution >= 0.6 is 0 Å². The third-order valence-electron chi connectivity index (χ3n) is 4.03. The topological polar surface area (TPSA) is 55.8 Å². The van der Waals surface area contributed by atoms with Crippen molar-refractivity contribution in [1.29, 1.82) is 0 Å². The maximum Gasteiger partial charge on any atom is 0.404 e. The summed E-state index contributed by atoms with van der Waals surface area (Å²) in [6.45, 7) is 4.52. The van der Waals surface area contributed by atoms with Gasteiger partial charge < -0.3 is 15.3 Å².